The predicted octanol–water partition coefficient (Wildman–Crippen LogP) is 0.483. The van der Waals surface area contributed by atoms with Crippen molar-refractivity contribution in [2.75, 3.05) is 13.7 Å². The summed E-state index contributed by atoms with van der Waals surface area (Å²) < 4.78 is 4.73. The van der Waals surface area contributed by atoms with E-state index in [2.05, 4.69) is 4.99 Å². The second kappa shape index (κ2) is 5.35. The maximum absolute atomic E-state index is 11.1. The van der Waals surface area contributed by atoms with E-state index in [1.807, 2.05) is 0 Å². The quantitative estimate of drug-likeness (QED) is 0.495. The number of ether oxygens (including phenoxy) is 1. The Morgan fingerprint density at radius 3 is 2.58 bits per heavy atom. The summed E-state index contributed by atoms with van der Waals surface area (Å²) in [7, 11) is 1.52. The Morgan fingerprint density at radius 2 is 2.25 bits per heavy atom. The highest BCUT2D eigenvalue weighted by molar-refractivity contribution is 6.41. The molecule has 2 N–H and O–H groups in total. The van der Waals surface area contributed by atoms with Crippen LogP contribution >= 0.6 is 0 Å². The van der Waals surface area contributed by atoms with Crippen molar-refractivity contribution >= 4 is 11.7 Å². The first-order chi connectivity index (χ1) is 5.61. The van der Waals surface area contributed by atoms with E-state index in [1.165, 1.54) is 13.1 Å². The van der Waals surface area contributed by atoms with Crippen LogP contribution in [0.4, 0.5) is 0 Å². The van der Waals surface area contributed by atoms with Crippen molar-refractivity contribution < 1.29 is 9.53 Å². The fourth-order valence-electron chi connectivity index (χ4n) is 0.635. The number of aliphatic imine (C=N–C) groups is 1. The smallest absolute Gasteiger partial charge is 0.356 e. The molecule has 0 unspecified atom stereocenters. The summed E-state index contributed by atoms with van der Waals surface area (Å²) in [5.74, 6) is -0.440. The van der Waals surface area contributed by atoms with Crippen molar-refractivity contribution in [3.63, 3.8) is 0 Å². The molecule has 0 aromatic carbocycles. The van der Waals surface area contributed by atoms with Crippen LogP contribution in [0.3, 0.4) is 0 Å². The first kappa shape index (κ1) is 10.7. The molecule has 12 heavy (non-hydrogen) atoms. The van der Waals surface area contributed by atoms with Crippen LogP contribution in [0.15, 0.2) is 16.8 Å². The van der Waals surface area contributed by atoms with Gasteiger partial charge in [-0.1, -0.05) is 0 Å². The molecule has 0 heterocycles. The minimum Gasteiger partial charge on any atom is -0.461 e. The lowest BCUT2D eigenvalue weighted by atomic mass is 10.3. The zero-order valence-corrected chi connectivity index (χ0v) is 7.63. The molecular weight excluding hydrogens is 156 g/mol. The summed E-state index contributed by atoms with van der Waals surface area (Å²) >= 11 is 0. The molecule has 0 aliphatic carbocycles. The van der Waals surface area contributed by atoms with Crippen molar-refractivity contribution in [1.82, 2.24) is 0 Å². The van der Waals surface area contributed by atoms with Crippen LogP contribution in [0.5, 0.6) is 0 Å². The summed E-state index contributed by atoms with van der Waals surface area (Å²) in [6, 6.07) is 0. The number of nitrogens with two attached hydrogens (primary N) is 1. The van der Waals surface area contributed by atoms with E-state index < -0.39 is 5.97 Å². The van der Waals surface area contributed by atoms with E-state index in [1.54, 1.807) is 13.8 Å². The van der Waals surface area contributed by atoms with Gasteiger partial charge < -0.3 is 10.5 Å². The molecule has 0 aliphatic rings. The third-order valence-corrected chi connectivity index (χ3v) is 1.09. The van der Waals surface area contributed by atoms with Crippen molar-refractivity contribution in [3.8, 4) is 0 Å². The molecule has 0 radical (unpaired) electrons. The number of esters is 1. The van der Waals surface area contributed by atoms with E-state index in [0.717, 1.165) is 0 Å². The number of hydrogen-bond donors (Lipinski definition) is 1. The van der Waals surface area contributed by atoms with Gasteiger partial charge in [0.2, 0.25) is 0 Å². The summed E-state index contributed by atoms with van der Waals surface area (Å²) in [4.78, 5) is 14.8. The maximum Gasteiger partial charge on any atom is 0.356 e. The first-order valence-corrected chi connectivity index (χ1v) is 3.69. The van der Waals surface area contributed by atoms with Gasteiger partial charge in [0.15, 0.2) is 0 Å². The standard InChI is InChI=1S/C8H14N2O2/c1-4-12-8(11)7(10-3)5-6(2)9/h5H,4,9H2,1-3H3. The van der Waals surface area contributed by atoms with E-state index in [4.69, 9.17) is 10.5 Å². The van der Waals surface area contributed by atoms with Crippen molar-refractivity contribution in [2.24, 2.45) is 10.7 Å². The number of allylic oxidation sites excluding steroid dienone is 1. The summed E-state index contributed by atoms with van der Waals surface area (Å²) in [6.07, 6.45) is 1.48. The topological polar surface area (TPSA) is 64.7 Å². The third kappa shape index (κ3) is 3.75. The van der Waals surface area contributed by atoms with Gasteiger partial charge in [0, 0.05) is 12.7 Å². The fourth-order valence-corrected chi connectivity index (χ4v) is 0.635. The average molecular weight is 170 g/mol. The second-order valence-electron chi connectivity index (χ2n) is 2.22. The van der Waals surface area contributed by atoms with E-state index in [-0.39, 0.29) is 5.71 Å². The normalized spacial score (nSPS) is 12.9. The molecule has 4 nitrogen and oxygen atoms in total. The largest absolute Gasteiger partial charge is 0.461 e. The Labute approximate surface area is 72.1 Å². The summed E-state index contributed by atoms with van der Waals surface area (Å²) in [5.41, 5.74) is 6.15. The van der Waals surface area contributed by atoms with Crippen LogP contribution in [0.25, 0.3) is 0 Å². The third-order valence-electron chi connectivity index (χ3n) is 1.09. The van der Waals surface area contributed by atoms with Gasteiger partial charge in [0.25, 0.3) is 0 Å². The van der Waals surface area contributed by atoms with E-state index >= 15 is 0 Å². The molecule has 0 amide bonds. The van der Waals surface area contributed by atoms with Gasteiger partial charge in [-0.05, 0) is 19.9 Å². The Kier molecular flexibility index (Phi) is 4.76. The molecule has 0 aliphatic heterocycles. The van der Waals surface area contributed by atoms with Gasteiger partial charge in [-0.2, -0.15) is 0 Å². The molecule has 0 saturated carbocycles. The van der Waals surface area contributed by atoms with Gasteiger partial charge in [-0.25, -0.2) is 4.79 Å². The number of hydrogen-bond acceptors (Lipinski definition) is 4. The number of carbonyl (C=O) groups excluding carboxylic acids is 1. The Balaban J connectivity index is 4.38. The van der Waals surface area contributed by atoms with Crippen LogP contribution in [-0.2, 0) is 9.53 Å². The predicted molar refractivity (Wildman–Crippen MR) is 47.9 cm³/mol. The first-order valence-electron chi connectivity index (χ1n) is 3.69. The van der Waals surface area contributed by atoms with Crippen LogP contribution in [0.2, 0.25) is 0 Å². The number of nitrogens with zero attached hydrogens (tertiary/aromatic N) is 1. The molecule has 68 valence electrons. The Bertz CT molecular complexity index is 215. The van der Waals surface area contributed by atoms with E-state index in [9.17, 15) is 4.79 Å². The zero-order chi connectivity index (χ0) is 9.56. The monoisotopic (exact) mass is 170 g/mol. The van der Waals surface area contributed by atoms with Crippen LogP contribution in [-0.4, -0.2) is 25.3 Å². The SMILES string of the molecule is CCOC(=O)C(C=C(C)N)=NC. The average Bonchev–Trinajstić information content (AvgIpc) is 2.00. The molecule has 4 heteroatoms. The highest BCUT2D eigenvalue weighted by atomic mass is 16.5. The molecule has 0 fully saturated rings. The van der Waals surface area contributed by atoms with Crippen LogP contribution in [0.1, 0.15) is 13.8 Å². The number of rotatable bonds is 3. The van der Waals surface area contributed by atoms with Gasteiger partial charge in [-0.3, -0.25) is 4.99 Å². The van der Waals surface area contributed by atoms with Crippen molar-refractivity contribution in [1.29, 1.82) is 0 Å². The maximum atomic E-state index is 11.1. The fraction of sp³-hybridized carbons (Fsp3) is 0.500. The molecular formula is C8H14N2O2. The van der Waals surface area contributed by atoms with Crippen molar-refractivity contribution in [2.45, 2.75) is 13.8 Å². The zero-order valence-electron chi connectivity index (χ0n) is 7.63. The van der Waals surface area contributed by atoms with Gasteiger partial charge in [0.05, 0.1) is 6.61 Å². The van der Waals surface area contributed by atoms with Gasteiger partial charge >= 0.3 is 5.97 Å². The second-order valence-corrected chi connectivity index (χ2v) is 2.22. The van der Waals surface area contributed by atoms with Crippen LogP contribution in [0, 0.1) is 0 Å². The lowest BCUT2D eigenvalue weighted by Gasteiger charge is -2.00. The minimum absolute atomic E-state index is 0.247. The highest BCUT2D eigenvalue weighted by Gasteiger charge is 2.07. The lowest BCUT2D eigenvalue weighted by molar-refractivity contribution is -0.134. The van der Waals surface area contributed by atoms with E-state index in [0.29, 0.717) is 12.3 Å². The highest BCUT2D eigenvalue weighted by Crippen LogP contribution is 1.90. The summed E-state index contributed by atoms with van der Waals surface area (Å²) in [5, 5.41) is 0. The molecule has 0 bridgehead atoms. The lowest BCUT2D eigenvalue weighted by Crippen LogP contribution is -2.16. The van der Waals surface area contributed by atoms with Crippen molar-refractivity contribution in [3.05, 3.63) is 11.8 Å². The van der Waals surface area contributed by atoms with Crippen LogP contribution < -0.4 is 5.73 Å². The molecule has 0 aromatic heterocycles. The Hall–Kier alpha value is -1.32. The Morgan fingerprint density at radius 1 is 1.67 bits per heavy atom. The molecule has 0 saturated heterocycles. The summed E-state index contributed by atoms with van der Waals surface area (Å²) in [6.45, 7) is 3.77. The molecule has 0 aromatic rings. The molecule has 0 spiro atoms. The molecule has 0 atom stereocenters. The van der Waals surface area contributed by atoms with Gasteiger partial charge in [-0.15, -0.1) is 0 Å². The molecule has 0 rings (SSSR count). The number of carbonyl (C=O) groups is 1. The van der Waals surface area contributed by atoms with Gasteiger partial charge in [0.1, 0.15) is 5.71 Å². The minimum atomic E-state index is -0.440.